The molecular formula is C27H35BrCl2N4O8. The first-order valence-corrected chi connectivity index (χ1v) is 13.9. The van der Waals surface area contributed by atoms with Crippen molar-refractivity contribution in [3.8, 4) is 5.75 Å². The van der Waals surface area contributed by atoms with Gasteiger partial charge >= 0.3 is 0 Å². The Morgan fingerprint density at radius 1 is 1.14 bits per heavy atom. The molecule has 1 aromatic carbocycles. The topological polar surface area (TPSA) is 194 Å². The molecule has 2 unspecified atom stereocenters. The molecule has 0 radical (unpaired) electrons. The number of primary amides is 1. The number of phenols is 1. The van der Waals surface area contributed by atoms with Crippen molar-refractivity contribution in [1.82, 2.24) is 4.90 Å². The van der Waals surface area contributed by atoms with Gasteiger partial charge in [-0.25, -0.2) is 0 Å². The monoisotopic (exact) mass is 692 g/mol. The Balaban J connectivity index is 0.00000308. The van der Waals surface area contributed by atoms with E-state index in [0.29, 0.717) is 23.0 Å². The zero-order valence-corrected chi connectivity index (χ0v) is 26.7. The van der Waals surface area contributed by atoms with Gasteiger partial charge in [0.15, 0.2) is 11.4 Å². The van der Waals surface area contributed by atoms with Crippen molar-refractivity contribution in [1.29, 1.82) is 0 Å². The molecule has 12 nitrogen and oxygen atoms in total. The number of aliphatic hydroxyl groups excluding tert-OH is 2. The van der Waals surface area contributed by atoms with Gasteiger partial charge in [-0.15, -0.1) is 24.8 Å². The molecule has 0 saturated heterocycles. The number of hydrogen-bond acceptors (Lipinski definition) is 10. The normalized spacial score (nSPS) is 24.7. The highest BCUT2D eigenvalue weighted by Crippen LogP contribution is 2.54. The molecule has 42 heavy (non-hydrogen) atoms. The van der Waals surface area contributed by atoms with Gasteiger partial charge in [0, 0.05) is 43.0 Å². The molecular weight excluding hydrogens is 659 g/mol. The second-order valence-electron chi connectivity index (χ2n) is 10.8. The molecule has 4 rings (SSSR count). The number of fused-ring (bicyclic) bond motifs is 3. The molecule has 0 aliphatic heterocycles. The predicted molar refractivity (Wildman–Crippen MR) is 165 cm³/mol. The van der Waals surface area contributed by atoms with Crippen LogP contribution in [0, 0.1) is 11.8 Å². The third kappa shape index (κ3) is 5.37. The number of nitrogens with one attached hydrogen (secondary N) is 1. The summed E-state index contributed by atoms with van der Waals surface area (Å²) in [4.78, 5) is 55.0. The summed E-state index contributed by atoms with van der Waals surface area (Å²) in [5.74, 6) is -7.62. The Hall–Kier alpha value is -2.84. The predicted octanol–water partition coefficient (Wildman–Crippen LogP) is 1.99. The number of carbonyl (C=O) groups is 4. The number of ketones is 2. The zero-order valence-electron chi connectivity index (χ0n) is 23.4. The van der Waals surface area contributed by atoms with E-state index < -0.39 is 63.8 Å². The van der Waals surface area contributed by atoms with Crippen LogP contribution in [0.25, 0.3) is 5.76 Å². The number of anilines is 2. The summed E-state index contributed by atoms with van der Waals surface area (Å²) in [5, 5.41) is 48.6. The van der Waals surface area contributed by atoms with Gasteiger partial charge in [0.2, 0.25) is 11.7 Å². The van der Waals surface area contributed by atoms with Gasteiger partial charge in [-0.1, -0.05) is 15.9 Å². The first-order valence-electron chi connectivity index (χ1n) is 12.7. The number of alkyl halides is 1. The molecule has 7 N–H and O–H groups in total. The number of amides is 2. The molecule has 0 spiro atoms. The number of nitrogens with zero attached hydrogens (tertiary/aromatic N) is 2. The van der Waals surface area contributed by atoms with E-state index in [1.54, 1.807) is 39.2 Å². The van der Waals surface area contributed by atoms with Crippen LogP contribution in [0.1, 0.15) is 30.4 Å². The fourth-order valence-corrected chi connectivity index (χ4v) is 6.51. The Bertz CT molecular complexity index is 1400. The quantitative estimate of drug-likeness (QED) is 0.140. The van der Waals surface area contributed by atoms with Crippen LogP contribution in [0.4, 0.5) is 11.4 Å². The lowest BCUT2D eigenvalue weighted by Gasteiger charge is -2.50. The summed E-state index contributed by atoms with van der Waals surface area (Å²) in [5.41, 5.74) is 2.54. The van der Waals surface area contributed by atoms with Gasteiger partial charge in [0.1, 0.15) is 22.8 Å². The molecule has 15 heteroatoms. The molecule has 232 valence electrons. The molecule has 1 fully saturated rings. The summed E-state index contributed by atoms with van der Waals surface area (Å²) < 4.78 is 0. The highest BCUT2D eigenvalue weighted by atomic mass is 79.9. The average Bonchev–Trinajstić information content (AvgIpc) is 2.85. The van der Waals surface area contributed by atoms with E-state index in [-0.39, 0.29) is 66.8 Å². The molecule has 3 aliphatic rings. The maximum atomic E-state index is 14.0. The number of benzene rings is 1. The fourth-order valence-electron chi connectivity index (χ4n) is 6.23. The fraction of sp³-hybridized carbons (Fsp3) is 0.481. The van der Waals surface area contributed by atoms with Crippen molar-refractivity contribution in [2.75, 3.05) is 43.7 Å². The smallest absolute Gasteiger partial charge is 0.255 e. The molecule has 0 heterocycles. The lowest BCUT2D eigenvalue weighted by Crippen LogP contribution is -2.65. The van der Waals surface area contributed by atoms with Crippen LogP contribution in [0.5, 0.6) is 5.75 Å². The Morgan fingerprint density at radius 2 is 1.76 bits per heavy atom. The van der Waals surface area contributed by atoms with Crippen molar-refractivity contribution in [3.05, 3.63) is 34.1 Å². The number of rotatable bonds is 7. The van der Waals surface area contributed by atoms with E-state index >= 15 is 0 Å². The third-order valence-electron chi connectivity index (χ3n) is 7.99. The van der Waals surface area contributed by atoms with Crippen molar-refractivity contribution in [3.63, 3.8) is 0 Å². The number of hydrogen-bond donors (Lipinski definition) is 6. The number of nitrogens with two attached hydrogens (primary N) is 1. The van der Waals surface area contributed by atoms with Crippen LogP contribution in [-0.4, -0.2) is 93.9 Å². The number of carbonyl (C=O) groups excluding carboxylic acids is 4. The van der Waals surface area contributed by atoms with Gasteiger partial charge in [-0.3, -0.25) is 24.1 Å². The van der Waals surface area contributed by atoms with Crippen LogP contribution in [-0.2, 0) is 25.6 Å². The number of Topliss-reactive ketones (excluding diaryl/α,β-unsaturated/α-hetero) is 2. The van der Waals surface area contributed by atoms with Crippen LogP contribution >= 0.6 is 40.7 Å². The van der Waals surface area contributed by atoms with Crippen molar-refractivity contribution < 1.29 is 39.6 Å². The highest BCUT2D eigenvalue weighted by Gasteiger charge is 2.64. The van der Waals surface area contributed by atoms with E-state index in [4.69, 9.17) is 5.73 Å². The van der Waals surface area contributed by atoms with Crippen molar-refractivity contribution in [2.45, 2.75) is 37.3 Å². The van der Waals surface area contributed by atoms with Gasteiger partial charge < -0.3 is 36.4 Å². The third-order valence-corrected chi connectivity index (χ3v) is 8.55. The minimum absolute atomic E-state index is 0. The largest absolute Gasteiger partial charge is 0.508 e. The average molecular weight is 694 g/mol. The molecule has 0 bridgehead atoms. The first-order chi connectivity index (χ1) is 18.7. The van der Waals surface area contributed by atoms with Crippen molar-refractivity contribution >= 4 is 81.3 Å². The van der Waals surface area contributed by atoms with Gasteiger partial charge in [-0.05, 0) is 50.9 Å². The zero-order chi connectivity index (χ0) is 29.8. The highest BCUT2D eigenvalue weighted by molar-refractivity contribution is 9.09. The van der Waals surface area contributed by atoms with Crippen LogP contribution in [0.15, 0.2) is 23.0 Å². The van der Waals surface area contributed by atoms with Crippen LogP contribution < -0.4 is 16.0 Å². The number of aromatic hydroxyl groups is 1. The van der Waals surface area contributed by atoms with Crippen LogP contribution in [0.3, 0.4) is 0 Å². The SMILES string of the molecule is CN(C)c1cc(NC(=O)CCCBr)c(O)c2c1CC1CC3[C@H](N(C)C)C(=O)C(C(N)=O)=C(O)[C@@]3(O)C(=O)C1=C2O.Cl.Cl. The van der Waals surface area contributed by atoms with E-state index in [9.17, 15) is 39.6 Å². The van der Waals surface area contributed by atoms with E-state index in [2.05, 4.69) is 21.2 Å². The second-order valence-corrected chi connectivity index (χ2v) is 11.6. The number of likely N-dealkylation sites (N-methyl/N-ethyl adjacent to an activating group) is 1. The summed E-state index contributed by atoms with van der Waals surface area (Å²) in [6.07, 6.45) is 0.878. The second kappa shape index (κ2) is 12.8. The maximum absolute atomic E-state index is 14.0. The number of phenolic OH excluding ortho intramolecular Hbond substituents is 1. The van der Waals surface area contributed by atoms with Gasteiger partial charge in [-0.2, -0.15) is 0 Å². The summed E-state index contributed by atoms with van der Waals surface area (Å²) in [6, 6.07) is 0.427. The number of aliphatic hydroxyl groups is 3. The lowest BCUT2D eigenvalue weighted by molar-refractivity contribution is -0.153. The van der Waals surface area contributed by atoms with Gasteiger partial charge in [0.25, 0.3) is 5.91 Å². The summed E-state index contributed by atoms with van der Waals surface area (Å²) in [7, 11) is 6.59. The minimum atomic E-state index is -2.72. The number of halogens is 3. The minimum Gasteiger partial charge on any atom is -0.508 e. The lowest BCUT2D eigenvalue weighted by atomic mass is 9.57. The molecule has 4 atom stereocenters. The first kappa shape index (κ1) is 35.4. The van der Waals surface area contributed by atoms with Crippen LogP contribution in [0.2, 0.25) is 0 Å². The Labute approximate surface area is 263 Å². The van der Waals surface area contributed by atoms with Gasteiger partial charge in [0.05, 0.1) is 17.3 Å². The summed E-state index contributed by atoms with van der Waals surface area (Å²) in [6.45, 7) is 0. The molecule has 0 aromatic heterocycles. The molecule has 3 aliphatic carbocycles. The molecule has 1 saturated carbocycles. The Morgan fingerprint density at radius 3 is 2.29 bits per heavy atom. The Kier molecular flexibility index (Phi) is 10.8. The molecule has 1 aromatic rings. The van der Waals surface area contributed by atoms with E-state index in [0.717, 1.165) is 0 Å². The van der Waals surface area contributed by atoms with Crippen molar-refractivity contribution in [2.24, 2.45) is 17.6 Å². The standard InChI is InChI=1S/C27H33BrN4O8.2ClH/c1-31(2)15-10-14(30-16(33)6-5-7-28)21(34)18-12(15)8-11-9-13-20(32(3)4)23(36)19(26(29)39)25(38)27(13,40)24(37)17(11)22(18)35;;/h10-11,13,20,34-35,38,40H,5-9H2,1-4H3,(H2,29,39)(H,30,33);2*1H/t11?,13?,20-,27-;;/m0../s1. The summed E-state index contributed by atoms with van der Waals surface area (Å²) >= 11 is 3.27. The maximum Gasteiger partial charge on any atom is 0.255 e. The molecule has 2 amide bonds. The van der Waals surface area contributed by atoms with E-state index in [1.165, 1.54) is 4.90 Å². The van der Waals surface area contributed by atoms with E-state index in [1.807, 2.05) is 0 Å².